The molecule has 9 heteroatoms. The lowest BCUT2D eigenvalue weighted by Gasteiger charge is -2.35. The fourth-order valence-electron chi connectivity index (χ4n) is 2.93. The molecule has 2 aromatic heterocycles. The molecule has 0 aromatic carbocycles. The van der Waals surface area contributed by atoms with Crippen LogP contribution in [0.3, 0.4) is 0 Å². The van der Waals surface area contributed by atoms with E-state index < -0.39 is 0 Å². The molecule has 1 saturated carbocycles. The minimum absolute atomic E-state index is 0. The molecule has 2 aliphatic rings. The Kier molecular flexibility index (Phi) is 6.25. The van der Waals surface area contributed by atoms with Crippen molar-refractivity contribution in [1.29, 1.82) is 0 Å². The summed E-state index contributed by atoms with van der Waals surface area (Å²) in [5.41, 5.74) is 0.591. The van der Waals surface area contributed by atoms with Crippen LogP contribution in [0.4, 0.5) is 0 Å². The highest BCUT2D eigenvalue weighted by Crippen LogP contribution is 2.41. The molecule has 1 aliphatic heterocycles. The average molecular weight is 390 g/mol. The Hall–Kier alpha value is -1.15. The van der Waals surface area contributed by atoms with E-state index in [1.165, 1.54) is 12.8 Å². The summed E-state index contributed by atoms with van der Waals surface area (Å²) in [6.07, 6.45) is 6.12. The van der Waals surface area contributed by atoms with Crippen molar-refractivity contribution >= 4 is 42.1 Å². The monoisotopic (exact) mass is 389 g/mol. The Morgan fingerprint density at radius 2 is 2.17 bits per heavy atom. The van der Waals surface area contributed by atoms with E-state index in [-0.39, 0.29) is 36.8 Å². The summed E-state index contributed by atoms with van der Waals surface area (Å²) in [7, 11) is 1.97. The van der Waals surface area contributed by atoms with Crippen molar-refractivity contribution in [3.05, 3.63) is 34.3 Å². The predicted octanol–water partition coefficient (Wildman–Crippen LogP) is 2.38. The van der Waals surface area contributed by atoms with Crippen LogP contribution < -0.4 is 5.32 Å². The highest BCUT2D eigenvalue weighted by Gasteiger charge is 2.33. The van der Waals surface area contributed by atoms with Crippen LogP contribution in [0.5, 0.6) is 0 Å². The Morgan fingerprint density at radius 1 is 1.38 bits per heavy atom. The number of nitrogens with one attached hydrogen (secondary N) is 1. The summed E-state index contributed by atoms with van der Waals surface area (Å²) in [6.45, 7) is 2.23. The van der Waals surface area contributed by atoms with Crippen LogP contribution in [0.15, 0.2) is 17.8 Å². The van der Waals surface area contributed by atoms with Gasteiger partial charge in [0.1, 0.15) is 17.6 Å². The third kappa shape index (κ3) is 3.59. The maximum atomic E-state index is 12.9. The first-order valence-electron chi connectivity index (χ1n) is 7.68. The summed E-state index contributed by atoms with van der Waals surface area (Å²) in [4.78, 5) is 23.8. The molecule has 0 radical (unpaired) electrons. The number of thiazole rings is 1. The van der Waals surface area contributed by atoms with Crippen LogP contribution in [-0.4, -0.2) is 45.0 Å². The Labute approximate surface area is 157 Å². The fraction of sp³-hybridized carbons (Fsp3) is 0.533. The first-order valence-corrected chi connectivity index (χ1v) is 8.56. The Bertz CT molecular complexity index is 700. The van der Waals surface area contributed by atoms with Gasteiger partial charge in [-0.05, 0) is 12.8 Å². The van der Waals surface area contributed by atoms with Crippen molar-refractivity contribution in [2.75, 3.05) is 19.6 Å². The molecule has 4 rings (SSSR count). The van der Waals surface area contributed by atoms with E-state index in [2.05, 4.69) is 15.3 Å². The summed E-state index contributed by atoms with van der Waals surface area (Å²) in [5, 5.41) is 6.38. The van der Waals surface area contributed by atoms with Gasteiger partial charge in [0, 0.05) is 50.4 Å². The second kappa shape index (κ2) is 7.82. The SMILES string of the molecule is Cl.Cl.Cn1ccnc1C1CNCCN1C(=O)c1csc(C2CC2)n1. The van der Waals surface area contributed by atoms with Crippen LogP contribution in [-0.2, 0) is 7.05 Å². The average Bonchev–Trinajstić information content (AvgIpc) is 3.11. The molecule has 1 amide bonds. The van der Waals surface area contributed by atoms with Crippen molar-refractivity contribution in [3.63, 3.8) is 0 Å². The van der Waals surface area contributed by atoms with E-state index in [1.54, 1.807) is 17.5 Å². The number of carbonyl (C=O) groups excluding carboxylic acids is 1. The van der Waals surface area contributed by atoms with E-state index in [0.717, 1.165) is 23.9 Å². The number of hydrogen-bond acceptors (Lipinski definition) is 5. The standard InChI is InChI=1S/C15H19N5OS.2ClH/c1-19-6-5-17-13(19)12-8-16-4-7-20(12)15(21)11-9-22-14(18-11)10-2-3-10;;/h5-6,9-10,12,16H,2-4,7-8H2,1H3;2*1H. The van der Waals surface area contributed by atoms with Gasteiger partial charge < -0.3 is 14.8 Å². The molecule has 3 heterocycles. The lowest BCUT2D eigenvalue weighted by Crippen LogP contribution is -2.49. The number of halogens is 2. The van der Waals surface area contributed by atoms with Crippen LogP contribution in [0, 0.1) is 0 Å². The third-order valence-electron chi connectivity index (χ3n) is 4.33. The molecule has 1 aliphatic carbocycles. The predicted molar refractivity (Wildman–Crippen MR) is 98.4 cm³/mol. The quantitative estimate of drug-likeness (QED) is 0.874. The first-order chi connectivity index (χ1) is 10.7. The summed E-state index contributed by atoms with van der Waals surface area (Å²) >= 11 is 1.62. The second-order valence-corrected chi connectivity index (χ2v) is 6.85. The smallest absolute Gasteiger partial charge is 0.274 e. The van der Waals surface area contributed by atoms with Crippen molar-refractivity contribution in [3.8, 4) is 0 Å². The zero-order valence-electron chi connectivity index (χ0n) is 13.3. The number of imidazole rings is 1. The molecule has 24 heavy (non-hydrogen) atoms. The summed E-state index contributed by atoms with van der Waals surface area (Å²) < 4.78 is 1.98. The zero-order chi connectivity index (χ0) is 15.1. The summed E-state index contributed by atoms with van der Waals surface area (Å²) in [6, 6.07) is -0.0349. The number of piperazine rings is 1. The maximum Gasteiger partial charge on any atom is 0.274 e. The summed E-state index contributed by atoms with van der Waals surface area (Å²) in [5.74, 6) is 1.54. The van der Waals surface area contributed by atoms with Gasteiger partial charge >= 0.3 is 0 Å². The number of rotatable bonds is 3. The van der Waals surface area contributed by atoms with Gasteiger partial charge in [-0.25, -0.2) is 9.97 Å². The van der Waals surface area contributed by atoms with Gasteiger partial charge in [-0.15, -0.1) is 36.2 Å². The van der Waals surface area contributed by atoms with E-state index in [1.807, 2.05) is 28.1 Å². The highest BCUT2D eigenvalue weighted by molar-refractivity contribution is 7.10. The van der Waals surface area contributed by atoms with Crippen LogP contribution in [0.25, 0.3) is 0 Å². The molecule has 1 atom stereocenters. The molecular weight excluding hydrogens is 369 g/mol. The van der Waals surface area contributed by atoms with Gasteiger partial charge in [0.2, 0.25) is 0 Å². The Morgan fingerprint density at radius 3 is 2.83 bits per heavy atom. The van der Waals surface area contributed by atoms with E-state index in [9.17, 15) is 4.79 Å². The molecule has 0 spiro atoms. The van der Waals surface area contributed by atoms with Gasteiger partial charge in [-0.2, -0.15) is 0 Å². The number of aromatic nitrogens is 3. The second-order valence-electron chi connectivity index (χ2n) is 5.96. The van der Waals surface area contributed by atoms with Gasteiger partial charge in [0.05, 0.1) is 5.01 Å². The van der Waals surface area contributed by atoms with Crippen LogP contribution in [0.1, 0.15) is 46.1 Å². The molecule has 1 saturated heterocycles. The first kappa shape index (κ1) is 19.2. The zero-order valence-corrected chi connectivity index (χ0v) is 15.8. The molecular formula is C15H21Cl2N5OS. The lowest BCUT2D eigenvalue weighted by molar-refractivity contribution is 0.0615. The van der Waals surface area contributed by atoms with Gasteiger partial charge in [-0.3, -0.25) is 4.79 Å². The van der Waals surface area contributed by atoms with E-state index in [4.69, 9.17) is 0 Å². The maximum absolute atomic E-state index is 12.9. The molecule has 6 nitrogen and oxygen atoms in total. The van der Waals surface area contributed by atoms with Crippen LogP contribution in [0.2, 0.25) is 0 Å². The topological polar surface area (TPSA) is 63.1 Å². The molecule has 2 aromatic rings. The molecule has 1 N–H and O–H groups in total. The Balaban J connectivity index is 0.00000104. The minimum atomic E-state index is -0.0349. The fourth-order valence-corrected chi connectivity index (χ4v) is 3.89. The number of aryl methyl sites for hydroxylation is 1. The van der Waals surface area contributed by atoms with Crippen molar-refractivity contribution in [1.82, 2.24) is 24.8 Å². The van der Waals surface area contributed by atoms with Crippen molar-refractivity contribution in [2.24, 2.45) is 7.05 Å². The van der Waals surface area contributed by atoms with E-state index >= 15 is 0 Å². The van der Waals surface area contributed by atoms with Crippen LogP contribution >= 0.6 is 36.2 Å². The molecule has 0 bridgehead atoms. The van der Waals surface area contributed by atoms with Gasteiger partial charge in [-0.1, -0.05) is 0 Å². The third-order valence-corrected chi connectivity index (χ3v) is 5.34. The number of carbonyl (C=O) groups is 1. The van der Waals surface area contributed by atoms with E-state index in [0.29, 0.717) is 18.2 Å². The highest BCUT2D eigenvalue weighted by atomic mass is 35.5. The number of amides is 1. The molecule has 1 unspecified atom stereocenters. The van der Waals surface area contributed by atoms with Crippen molar-refractivity contribution in [2.45, 2.75) is 24.8 Å². The normalized spacial score (nSPS) is 20.2. The van der Waals surface area contributed by atoms with Gasteiger partial charge in [0.25, 0.3) is 5.91 Å². The molecule has 132 valence electrons. The largest absolute Gasteiger partial charge is 0.336 e. The minimum Gasteiger partial charge on any atom is -0.336 e. The number of hydrogen-bond donors (Lipinski definition) is 1. The van der Waals surface area contributed by atoms with Crippen molar-refractivity contribution < 1.29 is 4.79 Å². The lowest BCUT2D eigenvalue weighted by atomic mass is 10.1. The number of nitrogens with zero attached hydrogens (tertiary/aromatic N) is 4. The molecule has 2 fully saturated rings. The van der Waals surface area contributed by atoms with Gasteiger partial charge in [0.15, 0.2) is 0 Å².